The van der Waals surface area contributed by atoms with Gasteiger partial charge in [-0.2, -0.15) is 5.10 Å². The summed E-state index contributed by atoms with van der Waals surface area (Å²) >= 11 is 0. The number of benzene rings is 2. The minimum atomic E-state index is -3.90. The Morgan fingerprint density at radius 3 is 2.39 bits per heavy atom. The molecule has 0 spiro atoms. The third kappa shape index (κ3) is 4.96. The standard InChI is InChI=1S/C22H19F2N5O5S2/c1-2-9-35(31,32)29-17-8-7-16(23)18(19(17)24)21(30)20-15-10-13(11-26-22(15)28-27-20)12-3-5-14(6-4-12)36(25,33)34/h3-8,10-11,29H,2,9H2,1H3,(H2,25,33,34)(H,26,27,28). The molecule has 0 fully saturated rings. The molecule has 14 heteroatoms. The number of sulfonamides is 2. The maximum atomic E-state index is 15.1. The minimum absolute atomic E-state index is 0.0974. The van der Waals surface area contributed by atoms with E-state index < -0.39 is 48.7 Å². The molecule has 0 amide bonds. The van der Waals surface area contributed by atoms with E-state index in [1.807, 2.05) is 4.72 Å². The molecule has 2 heterocycles. The van der Waals surface area contributed by atoms with E-state index in [2.05, 4.69) is 15.2 Å². The molecule has 0 aliphatic heterocycles. The summed E-state index contributed by atoms with van der Waals surface area (Å²) in [4.78, 5) is 17.2. The van der Waals surface area contributed by atoms with Gasteiger partial charge in [-0.3, -0.25) is 14.6 Å². The topological polar surface area (TPSA) is 165 Å². The first kappa shape index (κ1) is 25.3. The number of nitrogens with zero attached hydrogens (tertiary/aromatic N) is 2. The van der Waals surface area contributed by atoms with Crippen LogP contribution in [0.2, 0.25) is 0 Å². The third-order valence-corrected chi connectivity index (χ3v) is 7.61. The van der Waals surface area contributed by atoms with Gasteiger partial charge in [-0.05, 0) is 42.3 Å². The van der Waals surface area contributed by atoms with Crippen molar-refractivity contribution in [3.63, 3.8) is 0 Å². The van der Waals surface area contributed by atoms with Crippen molar-refractivity contribution in [2.24, 2.45) is 5.14 Å². The van der Waals surface area contributed by atoms with E-state index in [9.17, 15) is 26.0 Å². The summed E-state index contributed by atoms with van der Waals surface area (Å²) in [6.07, 6.45) is 1.70. The largest absolute Gasteiger partial charge is 0.287 e. The molecule has 10 nitrogen and oxygen atoms in total. The number of primary sulfonamides is 1. The van der Waals surface area contributed by atoms with Crippen molar-refractivity contribution < 1.29 is 30.4 Å². The number of pyridine rings is 1. The molecule has 0 aliphatic rings. The highest BCUT2D eigenvalue weighted by molar-refractivity contribution is 7.92. The number of aromatic amines is 1. The van der Waals surface area contributed by atoms with E-state index in [-0.39, 0.29) is 33.8 Å². The van der Waals surface area contributed by atoms with Crippen LogP contribution >= 0.6 is 0 Å². The van der Waals surface area contributed by atoms with Gasteiger partial charge in [0.25, 0.3) is 0 Å². The van der Waals surface area contributed by atoms with Crippen LogP contribution in [0.5, 0.6) is 0 Å². The highest BCUT2D eigenvalue weighted by Crippen LogP contribution is 2.29. The number of hydrogen-bond donors (Lipinski definition) is 3. The molecule has 4 aromatic rings. The molecular weight excluding hydrogens is 516 g/mol. The van der Waals surface area contributed by atoms with Crippen LogP contribution in [0.4, 0.5) is 14.5 Å². The van der Waals surface area contributed by atoms with Gasteiger partial charge >= 0.3 is 0 Å². The number of H-pyrrole nitrogens is 1. The number of hydrogen-bond acceptors (Lipinski definition) is 7. The number of ketones is 1. The minimum Gasteiger partial charge on any atom is -0.287 e. The highest BCUT2D eigenvalue weighted by atomic mass is 32.2. The van der Waals surface area contributed by atoms with Crippen LogP contribution in [-0.4, -0.2) is 43.6 Å². The maximum Gasteiger partial charge on any atom is 0.238 e. The Balaban J connectivity index is 1.76. The van der Waals surface area contributed by atoms with E-state index in [0.717, 1.165) is 12.1 Å². The number of fused-ring (bicyclic) bond motifs is 1. The lowest BCUT2D eigenvalue weighted by Crippen LogP contribution is -2.18. The van der Waals surface area contributed by atoms with Gasteiger partial charge in [0.1, 0.15) is 11.5 Å². The lowest BCUT2D eigenvalue weighted by atomic mass is 10.0. The molecule has 2 aromatic heterocycles. The zero-order valence-electron chi connectivity index (χ0n) is 18.6. The molecule has 0 bridgehead atoms. The summed E-state index contributed by atoms with van der Waals surface area (Å²) in [5.74, 6) is -3.99. The lowest BCUT2D eigenvalue weighted by Gasteiger charge is -2.11. The fourth-order valence-corrected chi connectivity index (χ4v) is 5.16. The molecule has 2 aromatic carbocycles. The number of anilines is 1. The fourth-order valence-electron chi connectivity index (χ4n) is 3.52. The Morgan fingerprint density at radius 1 is 1.06 bits per heavy atom. The highest BCUT2D eigenvalue weighted by Gasteiger charge is 2.27. The third-order valence-electron chi connectivity index (χ3n) is 5.20. The number of nitrogens with one attached hydrogen (secondary N) is 2. The van der Waals surface area contributed by atoms with E-state index in [4.69, 9.17) is 5.14 Å². The number of aromatic nitrogens is 3. The van der Waals surface area contributed by atoms with Crippen molar-refractivity contribution >= 4 is 42.6 Å². The van der Waals surface area contributed by atoms with Gasteiger partial charge in [-0.1, -0.05) is 19.1 Å². The average Bonchev–Trinajstić information content (AvgIpc) is 3.24. The Morgan fingerprint density at radius 2 is 1.75 bits per heavy atom. The number of carbonyl (C=O) groups is 1. The predicted molar refractivity (Wildman–Crippen MR) is 128 cm³/mol. The van der Waals surface area contributed by atoms with Crippen molar-refractivity contribution in [1.29, 1.82) is 0 Å². The van der Waals surface area contributed by atoms with Crippen LogP contribution in [0.15, 0.2) is 53.6 Å². The second-order valence-corrected chi connectivity index (χ2v) is 11.2. The molecule has 4 N–H and O–H groups in total. The fraction of sp³-hybridized carbons (Fsp3) is 0.136. The zero-order valence-corrected chi connectivity index (χ0v) is 20.3. The summed E-state index contributed by atoms with van der Waals surface area (Å²) in [6, 6.07) is 8.73. The van der Waals surface area contributed by atoms with E-state index in [1.54, 1.807) is 6.92 Å². The van der Waals surface area contributed by atoms with Crippen molar-refractivity contribution in [3.8, 4) is 11.1 Å². The van der Waals surface area contributed by atoms with Crippen LogP contribution in [0.3, 0.4) is 0 Å². The van der Waals surface area contributed by atoms with Gasteiger partial charge in [-0.15, -0.1) is 0 Å². The lowest BCUT2D eigenvalue weighted by molar-refractivity contribution is 0.102. The van der Waals surface area contributed by atoms with Crippen molar-refractivity contribution in [2.45, 2.75) is 18.2 Å². The number of halogens is 2. The number of rotatable bonds is 8. The molecule has 36 heavy (non-hydrogen) atoms. The quantitative estimate of drug-likeness (QED) is 0.292. The van der Waals surface area contributed by atoms with E-state index in [0.29, 0.717) is 11.1 Å². The maximum absolute atomic E-state index is 15.1. The summed E-state index contributed by atoms with van der Waals surface area (Å²) < 4.78 is 78.8. The molecular formula is C22H19F2N5O5S2. The average molecular weight is 536 g/mol. The first-order chi connectivity index (χ1) is 16.9. The zero-order chi connectivity index (χ0) is 26.3. The van der Waals surface area contributed by atoms with Gasteiger partial charge in [0.15, 0.2) is 11.5 Å². The Labute approximate surface area is 204 Å². The first-order valence-corrected chi connectivity index (χ1v) is 13.6. The summed E-state index contributed by atoms with van der Waals surface area (Å²) in [5, 5.41) is 11.6. The Hall–Kier alpha value is -3.75. The van der Waals surface area contributed by atoms with E-state index in [1.165, 1.54) is 36.5 Å². The van der Waals surface area contributed by atoms with E-state index >= 15 is 4.39 Å². The Kier molecular flexibility index (Phi) is 6.60. The number of nitrogens with two attached hydrogens (primary N) is 1. The van der Waals surface area contributed by atoms with Crippen LogP contribution < -0.4 is 9.86 Å². The SMILES string of the molecule is CCCS(=O)(=O)Nc1ccc(F)c(C(=O)c2n[nH]c3ncc(-c4ccc(S(N)(=O)=O)cc4)cc23)c1F. The molecule has 0 atom stereocenters. The summed E-state index contributed by atoms with van der Waals surface area (Å²) in [6.45, 7) is 1.62. The van der Waals surface area contributed by atoms with Crippen molar-refractivity contribution in [2.75, 3.05) is 10.5 Å². The van der Waals surface area contributed by atoms with Crippen LogP contribution in [0, 0.1) is 11.6 Å². The van der Waals surface area contributed by atoms with Gasteiger partial charge < -0.3 is 0 Å². The van der Waals surface area contributed by atoms with Crippen molar-refractivity contribution in [3.05, 3.63) is 71.6 Å². The number of carbonyl (C=O) groups excluding carboxylic acids is 1. The molecule has 0 saturated carbocycles. The van der Waals surface area contributed by atoms with Gasteiger partial charge in [0, 0.05) is 11.8 Å². The summed E-state index contributed by atoms with van der Waals surface area (Å²) in [5.41, 5.74) is -0.748. The van der Waals surface area contributed by atoms with Crippen molar-refractivity contribution in [1.82, 2.24) is 15.2 Å². The molecule has 0 unspecified atom stereocenters. The van der Waals surface area contributed by atoms with Crippen LogP contribution in [0.1, 0.15) is 29.4 Å². The Bertz CT molecular complexity index is 1700. The molecule has 4 rings (SSSR count). The van der Waals surface area contributed by atoms with Crippen LogP contribution in [0.25, 0.3) is 22.2 Å². The molecule has 188 valence electrons. The smallest absolute Gasteiger partial charge is 0.238 e. The predicted octanol–water partition coefficient (Wildman–Crippen LogP) is 2.93. The first-order valence-electron chi connectivity index (χ1n) is 10.4. The molecule has 0 aliphatic carbocycles. The van der Waals surface area contributed by atoms with Gasteiger partial charge in [0.05, 0.1) is 27.3 Å². The van der Waals surface area contributed by atoms with Crippen LogP contribution in [-0.2, 0) is 20.0 Å². The molecule has 0 saturated heterocycles. The second-order valence-electron chi connectivity index (χ2n) is 7.80. The van der Waals surface area contributed by atoms with Gasteiger partial charge in [-0.25, -0.2) is 35.7 Å². The normalized spacial score (nSPS) is 12.1. The summed E-state index contributed by atoms with van der Waals surface area (Å²) in [7, 11) is -7.79. The van der Waals surface area contributed by atoms with Gasteiger partial charge in [0.2, 0.25) is 25.8 Å². The monoisotopic (exact) mass is 535 g/mol. The molecule has 0 radical (unpaired) electrons. The second kappa shape index (κ2) is 9.37.